The minimum absolute atomic E-state index is 0.147. The van der Waals surface area contributed by atoms with E-state index in [1.807, 2.05) is 38.1 Å². The number of aliphatic hydroxyl groups excluding tert-OH is 1. The molecule has 186 valence electrons. The monoisotopic (exact) mass is 490 g/mol. The van der Waals surface area contributed by atoms with Gasteiger partial charge in [0.25, 0.3) is 0 Å². The summed E-state index contributed by atoms with van der Waals surface area (Å²) in [5, 5.41) is 26.7. The Morgan fingerprint density at radius 3 is 2.44 bits per heavy atom. The van der Waals surface area contributed by atoms with Crippen molar-refractivity contribution in [2.24, 2.45) is 11.8 Å². The zero-order valence-corrected chi connectivity index (χ0v) is 20.7. The first-order valence-electron chi connectivity index (χ1n) is 11.7. The number of aliphatic hydroxyl groups is 1. The van der Waals surface area contributed by atoms with E-state index in [1.54, 1.807) is 0 Å². The van der Waals surface area contributed by atoms with Crippen LogP contribution >= 0.6 is 11.3 Å². The molecule has 1 fully saturated rings. The number of hydrogen-bond acceptors (Lipinski definition) is 6. The van der Waals surface area contributed by atoms with Crippen molar-refractivity contribution in [2.75, 3.05) is 13.1 Å². The number of carboxylic acid groups (broad SMARTS) is 1. The van der Waals surface area contributed by atoms with Crippen LogP contribution in [0.1, 0.15) is 57.6 Å². The Morgan fingerprint density at radius 1 is 1.18 bits per heavy atom. The van der Waals surface area contributed by atoms with Gasteiger partial charge in [0.15, 0.2) is 0 Å². The molecule has 3 unspecified atom stereocenters. The number of aromatic nitrogens is 1. The van der Waals surface area contributed by atoms with Crippen molar-refractivity contribution in [1.82, 2.24) is 20.5 Å². The fourth-order valence-corrected chi connectivity index (χ4v) is 5.43. The molecule has 1 aromatic carbocycles. The Balaban J connectivity index is 1.79. The fraction of sp³-hybridized carbons (Fsp3) is 0.583. The average Bonchev–Trinajstić information content (AvgIpc) is 3.21. The van der Waals surface area contributed by atoms with Gasteiger partial charge in [-0.15, -0.1) is 11.3 Å². The number of carbonyl (C=O) groups is 3. The molecule has 3 atom stereocenters. The van der Waals surface area contributed by atoms with Crippen LogP contribution in [0.4, 0.5) is 4.79 Å². The molecule has 1 aliphatic rings. The second kappa shape index (κ2) is 11.6. The first kappa shape index (κ1) is 25.9. The molecular formula is C24H34N4O5S. The van der Waals surface area contributed by atoms with Crippen molar-refractivity contribution in [3.8, 4) is 0 Å². The van der Waals surface area contributed by atoms with Crippen LogP contribution in [0.2, 0.25) is 0 Å². The number of likely N-dealkylation sites (tertiary alicyclic amines) is 1. The maximum absolute atomic E-state index is 13.2. The summed E-state index contributed by atoms with van der Waals surface area (Å²) in [6.07, 6.45) is 0.344. The second-order valence-electron chi connectivity index (χ2n) is 9.41. The number of fused-ring (bicyclic) bond motifs is 1. The van der Waals surface area contributed by atoms with E-state index in [2.05, 4.69) is 15.6 Å². The zero-order valence-electron chi connectivity index (χ0n) is 19.9. The summed E-state index contributed by atoms with van der Waals surface area (Å²) in [6.45, 7) is 6.20. The largest absolute Gasteiger partial charge is 0.465 e. The molecule has 2 heterocycles. The lowest BCUT2D eigenvalue weighted by atomic mass is 9.88. The van der Waals surface area contributed by atoms with Gasteiger partial charge in [0.2, 0.25) is 11.8 Å². The van der Waals surface area contributed by atoms with Crippen molar-refractivity contribution < 1.29 is 24.6 Å². The third kappa shape index (κ3) is 6.89. The Labute approximate surface area is 203 Å². The smallest absolute Gasteiger partial charge is 0.407 e. The van der Waals surface area contributed by atoms with E-state index >= 15 is 0 Å². The van der Waals surface area contributed by atoms with Crippen molar-refractivity contribution in [3.63, 3.8) is 0 Å². The molecule has 3 rings (SSSR count). The van der Waals surface area contributed by atoms with Crippen LogP contribution in [0.5, 0.6) is 0 Å². The summed E-state index contributed by atoms with van der Waals surface area (Å²) in [7, 11) is 0. The van der Waals surface area contributed by atoms with Crippen LogP contribution in [0, 0.1) is 11.8 Å². The fourth-order valence-electron chi connectivity index (χ4n) is 4.41. The van der Waals surface area contributed by atoms with E-state index in [1.165, 1.54) is 23.2 Å². The van der Waals surface area contributed by atoms with E-state index < -0.39 is 24.3 Å². The topological polar surface area (TPSA) is 132 Å². The molecule has 0 aliphatic carbocycles. The standard InChI is InChI=1S/C24H34N4O5S/c1-14(2)12-19(25-15(3)29)22(31)26-18(13-16-8-10-28(11-9-16)24(32)33)21(30)23-27-17-6-4-5-7-20(17)34-23/h4-7,14,16,18-19,21,30H,8-13H2,1-3H3,(H,25,29)(H,26,31)(H,32,33). The van der Waals surface area contributed by atoms with Gasteiger partial charge in [0, 0.05) is 20.0 Å². The summed E-state index contributed by atoms with van der Waals surface area (Å²) in [6, 6.07) is 6.31. The molecule has 1 saturated heterocycles. The molecule has 0 spiro atoms. The van der Waals surface area contributed by atoms with Gasteiger partial charge in [-0.1, -0.05) is 26.0 Å². The SMILES string of the molecule is CC(=O)NC(CC(C)C)C(=O)NC(CC1CCN(C(=O)O)CC1)C(O)c1nc2ccccc2s1. The van der Waals surface area contributed by atoms with Gasteiger partial charge in [-0.05, 0) is 49.7 Å². The number of carbonyl (C=O) groups excluding carboxylic acids is 2. The quantitative estimate of drug-likeness (QED) is 0.427. The molecule has 0 saturated carbocycles. The lowest BCUT2D eigenvalue weighted by Crippen LogP contribution is -2.51. The van der Waals surface area contributed by atoms with E-state index in [4.69, 9.17) is 0 Å². The third-order valence-electron chi connectivity index (χ3n) is 6.15. The Bertz CT molecular complexity index is 969. The maximum atomic E-state index is 13.2. The average molecular weight is 491 g/mol. The van der Waals surface area contributed by atoms with Gasteiger partial charge in [0.1, 0.15) is 17.2 Å². The van der Waals surface area contributed by atoms with Crippen LogP contribution in [-0.4, -0.2) is 63.2 Å². The van der Waals surface area contributed by atoms with Gasteiger partial charge < -0.3 is 25.7 Å². The van der Waals surface area contributed by atoms with Crippen molar-refractivity contribution >= 4 is 39.5 Å². The number of amides is 3. The Morgan fingerprint density at radius 2 is 1.85 bits per heavy atom. The summed E-state index contributed by atoms with van der Waals surface area (Å²) >= 11 is 1.39. The minimum atomic E-state index is -1.02. The number of nitrogens with one attached hydrogen (secondary N) is 2. The van der Waals surface area contributed by atoms with Crippen molar-refractivity contribution in [1.29, 1.82) is 0 Å². The van der Waals surface area contributed by atoms with E-state index in [9.17, 15) is 24.6 Å². The van der Waals surface area contributed by atoms with Gasteiger partial charge >= 0.3 is 6.09 Å². The molecule has 1 aliphatic heterocycles. The molecule has 0 bridgehead atoms. The first-order valence-corrected chi connectivity index (χ1v) is 12.5. The van der Waals surface area contributed by atoms with Crippen LogP contribution in [0.3, 0.4) is 0 Å². The first-order chi connectivity index (χ1) is 16.1. The summed E-state index contributed by atoms with van der Waals surface area (Å²) < 4.78 is 0.951. The molecule has 3 amide bonds. The van der Waals surface area contributed by atoms with Crippen molar-refractivity contribution in [2.45, 2.75) is 64.6 Å². The van der Waals surface area contributed by atoms with Crippen LogP contribution in [-0.2, 0) is 9.59 Å². The number of thiazole rings is 1. The summed E-state index contributed by atoms with van der Waals surface area (Å²) in [4.78, 5) is 42.1. The highest BCUT2D eigenvalue weighted by molar-refractivity contribution is 7.18. The molecule has 34 heavy (non-hydrogen) atoms. The number of nitrogens with zero attached hydrogens (tertiary/aromatic N) is 2. The lowest BCUT2D eigenvalue weighted by Gasteiger charge is -2.34. The van der Waals surface area contributed by atoms with Crippen molar-refractivity contribution in [3.05, 3.63) is 29.3 Å². The van der Waals surface area contributed by atoms with Crippen LogP contribution in [0.15, 0.2) is 24.3 Å². The predicted octanol–water partition coefficient (Wildman–Crippen LogP) is 3.15. The van der Waals surface area contributed by atoms with Gasteiger partial charge in [-0.3, -0.25) is 9.59 Å². The number of piperidine rings is 1. The molecule has 2 aromatic rings. The minimum Gasteiger partial charge on any atom is -0.465 e. The van der Waals surface area contributed by atoms with Crippen LogP contribution in [0.25, 0.3) is 10.2 Å². The molecule has 9 nitrogen and oxygen atoms in total. The van der Waals surface area contributed by atoms with Gasteiger partial charge in [-0.2, -0.15) is 0 Å². The lowest BCUT2D eigenvalue weighted by molar-refractivity contribution is -0.129. The number of benzene rings is 1. The molecular weight excluding hydrogens is 456 g/mol. The third-order valence-corrected chi connectivity index (χ3v) is 7.25. The summed E-state index contributed by atoms with van der Waals surface area (Å²) in [5.41, 5.74) is 0.789. The van der Waals surface area contributed by atoms with Gasteiger partial charge in [0.05, 0.1) is 16.3 Å². The normalized spacial score (nSPS) is 17.4. The maximum Gasteiger partial charge on any atom is 0.407 e. The number of rotatable bonds is 9. The highest BCUT2D eigenvalue weighted by Gasteiger charge is 2.33. The molecule has 0 radical (unpaired) electrons. The van der Waals surface area contributed by atoms with E-state index in [0.29, 0.717) is 43.8 Å². The van der Waals surface area contributed by atoms with Crippen LogP contribution < -0.4 is 10.6 Å². The number of para-hydroxylation sites is 1. The molecule has 1 aromatic heterocycles. The highest BCUT2D eigenvalue weighted by Crippen LogP contribution is 2.32. The Hall–Kier alpha value is -2.72. The molecule has 4 N–H and O–H groups in total. The number of hydrogen-bond donors (Lipinski definition) is 4. The second-order valence-corrected chi connectivity index (χ2v) is 10.5. The van der Waals surface area contributed by atoms with E-state index in [0.717, 1.165) is 10.2 Å². The highest BCUT2D eigenvalue weighted by atomic mass is 32.1. The zero-order chi connectivity index (χ0) is 24.8. The van der Waals surface area contributed by atoms with Gasteiger partial charge in [-0.25, -0.2) is 9.78 Å². The molecule has 10 heteroatoms. The van der Waals surface area contributed by atoms with E-state index in [-0.39, 0.29) is 23.7 Å². The predicted molar refractivity (Wildman–Crippen MR) is 131 cm³/mol. The summed E-state index contributed by atoms with van der Waals surface area (Å²) in [5.74, 6) is -0.285. The Kier molecular flexibility index (Phi) is 8.84.